The van der Waals surface area contributed by atoms with E-state index in [1.54, 1.807) is 0 Å². The minimum Gasteiger partial charge on any atom is -0.196 e. The molecule has 1 aromatic heterocycles. The summed E-state index contributed by atoms with van der Waals surface area (Å²) >= 11 is 4.62. The van der Waals surface area contributed by atoms with Crippen LogP contribution in [0.15, 0.2) is 15.5 Å². The molecule has 12 heavy (non-hydrogen) atoms. The Hall–Kier alpha value is 0.0600. The van der Waals surface area contributed by atoms with Gasteiger partial charge in [0, 0.05) is 0 Å². The maximum atomic E-state index is 4.21. The van der Waals surface area contributed by atoms with Crippen LogP contribution in [-0.4, -0.2) is 33.7 Å². The highest BCUT2D eigenvalue weighted by atomic mass is 32.2. The van der Waals surface area contributed by atoms with Crippen molar-refractivity contribution in [1.29, 1.82) is 0 Å². The number of hydrogen-bond donors (Lipinski definition) is 0. The van der Waals surface area contributed by atoms with Crippen LogP contribution in [0.25, 0.3) is 0 Å². The summed E-state index contributed by atoms with van der Waals surface area (Å²) < 4.78 is 0. The number of aromatic nitrogens is 3. The second kappa shape index (κ2) is 4.94. The zero-order valence-electron chi connectivity index (χ0n) is 7.07. The molecule has 3 nitrogen and oxygen atoms in total. The molecule has 0 aliphatic carbocycles. The molecule has 0 saturated heterocycles. The van der Waals surface area contributed by atoms with Crippen LogP contribution in [-0.2, 0) is 0 Å². The molecule has 0 aromatic carbocycles. The van der Waals surface area contributed by atoms with Crippen molar-refractivity contribution in [3.05, 3.63) is 0 Å². The van der Waals surface area contributed by atoms with Crippen LogP contribution in [0.5, 0.6) is 0 Å². The Morgan fingerprint density at radius 2 is 0.917 bits per heavy atom. The van der Waals surface area contributed by atoms with Gasteiger partial charge in [-0.1, -0.05) is 35.3 Å². The molecular formula is C6H9N3S3. The zero-order valence-corrected chi connectivity index (χ0v) is 9.52. The van der Waals surface area contributed by atoms with Crippen molar-refractivity contribution < 1.29 is 0 Å². The SMILES string of the molecule is CSc1nc(SC)nc(SC)n1. The van der Waals surface area contributed by atoms with Crippen molar-refractivity contribution in [3.63, 3.8) is 0 Å². The van der Waals surface area contributed by atoms with Gasteiger partial charge in [-0.3, -0.25) is 0 Å². The van der Waals surface area contributed by atoms with Gasteiger partial charge in [-0.2, -0.15) is 15.0 Å². The summed E-state index contributed by atoms with van der Waals surface area (Å²) in [6.45, 7) is 0. The lowest BCUT2D eigenvalue weighted by Crippen LogP contribution is -1.95. The molecule has 1 rings (SSSR count). The highest BCUT2D eigenvalue weighted by molar-refractivity contribution is 7.99. The highest BCUT2D eigenvalue weighted by Gasteiger charge is 2.02. The normalized spacial score (nSPS) is 10.2. The molecule has 1 aromatic rings. The lowest BCUT2D eigenvalue weighted by atomic mass is 11.1. The third-order valence-corrected chi connectivity index (χ3v) is 2.76. The Labute approximate surface area is 84.6 Å². The largest absolute Gasteiger partial charge is 0.196 e. The lowest BCUT2D eigenvalue weighted by molar-refractivity contribution is 0.720. The Morgan fingerprint density at radius 1 is 0.667 bits per heavy atom. The molecule has 0 unspecified atom stereocenters. The van der Waals surface area contributed by atoms with E-state index in [9.17, 15) is 0 Å². The minimum absolute atomic E-state index is 0.790. The van der Waals surface area contributed by atoms with Gasteiger partial charge in [0.25, 0.3) is 0 Å². The summed E-state index contributed by atoms with van der Waals surface area (Å²) in [7, 11) is 0. The number of nitrogens with zero attached hydrogens (tertiary/aromatic N) is 3. The predicted molar refractivity (Wildman–Crippen MR) is 55.2 cm³/mol. The predicted octanol–water partition coefficient (Wildman–Crippen LogP) is 2.04. The second-order valence-corrected chi connectivity index (χ2v) is 4.12. The maximum Gasteiger partial charge on any atom is 0.192 e. The molecule has 0 aliphatic rings. The quantitative estimate of drug-likeness (QED) is 0.724. The van der Waals surface area contributed by atoms with Crippen LogP contribution in [0.1, 0.15) is 0 Å². The molecule has 0 atom stereocenters. The molecule has 0 fully saturated rings. The van der Waals surface area contributed by atoms with E-state index in [0.29, 0.717) is 0 Å². The van der Waals surface area contributed by atoms with Gasteiger partial charge < -0.3 is 0 Å². The van der Waals surface area contributed by atoms with Gasteiger partial charge in [0.2, 0.25) is 0 Å². The van der Waals surface area contributed by atoms with E-state index in [1.807, 2.05) is 18.8 Å². The van der Waals surface area contributed by atoms with Crippen LogP contribution >= 0.6 is 35.3 Å². The van der Waals surface area contributed by atoms with Crippen molar-refractivity contribution in [3.8, 4) is 0 Å². The molecule has 0 aliphatic heterocycles. The van der Waals surface area contributed by atoms with Gasteiger partial charge in [-0.15, -0.1) is 0 Å². The first-order chi connectivity index (χ1) is 5.80. The molecule has 6 heteroatoms. The van der Waals surface area contributed by atoms with Gasteiger partial charge in [0.1, 0.15) is 0 Å². The van der Waals surface area contributed by atoms with Crippen LogP contribution in [0.3, 0.4) is 0 Å². The summed E-state index contributed by atoms with van der Waals surface area (Å²) in [6.07, 6.45) is 5.89. The van der Waals surface area contributed by atoms with Gasteiger partial charge in [-0.25, -0.2) is 0 Å². The van der Waals surface area contributed by atoms with E-state index < -0.39 is 0 Å². The molecule has 0 N–H and O–H groups in total. The van der Waals surface area contributed by atoms with Crippen LogP contribution < -0.4 is 0 Å². The van der Waals surface area contributed by atoms with E-state index in [2.05, 4.69) is 15.0 Å². The van der Waals surface area contributed by atoms with Gasteiger partial charge in [0.05, 0.1) is 0 Å². The average Bonchev–Trinajstić information content (AvgIpc) is 2.16. The summed E-state index contributed by atoms with van der Waals surface area (Å²) in [5, 5.41) is 2.37. The number of hydrogen-bond acceptors (Lipinski definition) is 6. The molecule has 0 spiro atoms. The Bertz CT molecular complexity index is 211. The maximum absolute atomic E-state index is 4.21. The van der Waals surface area contributed by atoms with Gasteiger partial charge in [0.15, 0.2) is 15.5 Å². The molecule has 0 radical (unpaired) electrons. The lowest BCUT2D eigenvalue weighted by Gasteiger charge is -2.00. The summed E-state index contributed by atoms with van der Waals surface area (Å²) in [5.74, 6) is 0. The first-order valence-corrected chi connectivity index (χ1v) is 6.85. The first-order valence-electron chi connectivity index (χ1n) is 3.18. The van der Waals surface area contributed by atoms with Crippen LogP contribution in [0.4, 0.5) is 0 Å². The highest BCUT2D eigenvalue weighted by Crippen LogP contribution is 2.18. The molecule has 0 bridgehead atoms. The summed E-state index contributed by atoms with van der Waals surface area (Å²) in [6, 6.07) is 0. The van der Waals surface area contributed by atoms with Crippen molar-refractivity contribution in [1.82, 2.24) is 15.0 Å². The monoisotopic (exact) mass is 219 g/mol. The standard InChI is InChI=1S/C6H9N3S3/c1-10-4-7-5(11-2)9-6(8-4)12-3/h1-3H3. The third-order valence-electron chi connectivity index (χ3n) is 1.12. The fourth-order valence-corrected chi connectivity index (χ4v) is 1.83. The van der Waals surface area contributed by atoms with Crippen molar-refractivity contribution in [2.24, 2.45) is 0 Å². The van der Waals surface area contributed by atoms with Crippen LogP contribution in [0.2, 0.25) is 0 Å². The van der Waals surface area contributed by atoms with Crippen molar-refractivity contribution >= 4 is 35.3 Å². The van der Waals surface area contributed by atoms with Gasteiger partial charge in [-0.05, 0) is 18.8 Å². The third kappa shape index (κ3) is 2.53. The molecular weight excluding hydrogens is 210 g/mol. The molecule has 0 amide bonds. The van der Waals surface area contributed by atoms with Gasteiger partial charge >= 0.3 is 0 Å². The minimum atomic E-state index is 0.790. The van der Waals surface area contributed by atoms with E-state index in [4.69, 9.17) is 0 Å². The topological polar surface area (TPSA) is 38.7 Å². The second-order valence-electron chi connectivity index (χ2n) is 1.80. The number of rotatable bonds is 3. The fraction of sp³-hybridized carbons (Fsp3) is 0.500. The van der Waals surface area contributed by atoms with Crippen molar-refractivity contribution in [2.45, 2.75) is 15.5 Å². The fourth-order valence-electron chi connectivity index (χ4n) is 0.594. The Balaban J connectivity index is 3.01. The Morgan fingerprint density at radius 3 is 1.08 bits per heavy atom. The van der Waals surface area contributed by atoms with E-state index in [0.717, 1.165) is 15.5 Å². The molecule has 66 valence electrons. The molecule has 1 heterocycles. The number of thioether (sulfide) groups is 3. The summed E-state index contributed by atoms with van der Waals surface area (Å²) in [5.41, 5.74) is 0. The van der Waals surface area contributed by atoms with Crippen molar-refractivity contribution in [2.75, 3.05) is 18.8 Å². The summed E-state index contributed by atoms with van der Waals surface area (Å²) in [4.78, 5) is 12.6. The average molecular weight is 219 g/mol. The van der Waals surface area contributed by atoms with E-state index >= 15 is 0 Å². The smallest absolute Gasteiger partial charge is 0.192 e. The van der Waals surface area contributed by atoms with Crippen LogP contribution in [0, 0.1) is 0 Å². The zero-order chi connectivity index (χ0) is 8.97. The molecule has 0 saturated carbocycles. The first kappa shape index (κ1) is 10.1. The van der Waals surface area contributed by atoms with E-state index in [1.165, 1.54) is 35.3 Å². The Kier molecular flexibility index (Phi) is 4.17. The van der Waals surface area contributed by atoms with E-state index in [-0.39, 0.29) is 0 Å².